The Morgan fingerprint density at radius 1 is 1.44 bits per heavy atom. The first kappa shape index (κ1) is 12.3. The fraction of sp³-hybridized carbons (Fsp3) is 0.333. The molecule has 2 aromatic heterocycles. The predicted octanol–water partition coefficient (Wildman–Crippen LogP) is 4.44. The van der Waals surface area contributed by atoms with Crippen LogP contribution in [0.3, 0.4) is 0 Å². The molecule has 1 atom stereocenters. The topological polar surface area (TPSA) is 12.0 Å². The maximum absolute atomic E-state index is 3.61. The van der Waals surface area contributed by atoms with Crippen LogP contribution in [0.2, 0.25) is 0 Å². The van der Waals surface area contributed by atoms with Crippen molar-refractivity contribution in [2.45, 2.75) is 19.4 Å². The van der Waals surface area contributed by atoms with Gasteiger partial charge in [-0.25, -0.2) is 0 Å². The molecule has 2 rings (SSSR count). The Bertz CT molecular complexity index is 461. The van der Waals surface area contributed by atoms with E-state index in [2.05, 4.69) is 50.4 Å². The van der Waals surface area contributed by atoms with Gasteiger partial charge in [0, 0.05) is 14.7 Å². The molecular weight excluding hydrogens is 302 g/mol. The van der Waals surface area contributed by atoms with Crippen LogP contribution in [0, 0.1) is 0 Å². The van der Waals surface area contributed by atoms with Crippen LogP contribution in [-0.2, 0) is 6.42 Å². The molecule has 1 unspecified atom stereocenters. The first-order chi connectivity index (χ1) is 7.77. The molecule has 4 heteroatoms. The van der Waals surface area contributed by atoms with Gasteiger partial charge >= 0.3 is 0 Å². The Balaban J connectivity index is 2.40. The van der Waals surface area contributed by atoms with Crippen molar-refractivity contribution < 1.29 is 0 Å². The third-order valence-corrected chi connectivity index (χ3v) is 5.44. The summed E-state index contributed by atoms with van der Waals surface area (Å²) in [4.78, 5) is 1.43. The van der Waals surface area contributed by atoms with Crippen molar-refractivity contribution in [3.8, 4) is 0 Å². The Hall–Kier alpha value is -0.160. The number of hydrogen-bond acceptors (Lipinski definition) is 3. The van der Waals surface area contributed by atoms with Gasteiger partial charge in [-0.2, -0.15) is 11.3 Å². The maximum Gasteiger partial charge on any atom is 0.0690 e. The Kier molecular flexibility index (Phi) is 4.19. The van der Waals surface area contributed by atoms with E-state index in [0.717, 1.165) is 6.42 Å². The summed E-state index contributed by atoms with van der Waals surface area (Å²) < 4.78 is 1.20. The minimum atomic E-state index is 0.315. The molecule has 0 aliphatic rings. The molecule has 0 saturated heterocycles. The van der Waals surface area contributed by atoms with Gasteiger partial charge in [-0.1, -0.05) is 6.92 Å². The molecular formula is C12H14BrNS2. The van der Waals surface area contributed by atoms with Gasteiger partial charge in [0.2, 0.25) is 0 Å². The zero-order chi connectivity index (χ0) is 11.5. The van der Waals surface area contributed by atoms with Crippen molar-refractivity contribution in [1.29, 1.82) is 0 Å². The summed E-state index contributed by atoms with van der Waals surface area (Å²) in [6.07, 6.45) is 1.10. The fourth-order valence-electron chi connectivity index (χ4n) is 1.82. The molecule has 0 saturated carbocycles. The van der Waals surface area contributed by atoms with Gasteiger partial charge in [0.1, 0.15) is 0 Å². The van der Waals surface area contributed by atoms with E-state index in [4.69, 9.17) is 0 Å². The van der Waals surface area contributed by atoms with Crippen LogP contribution in [0.5, 0.6) is 0 Å². The van der Waals surface area contributed by atoms with E-state index in [1.54, 1.807) is 11.3 Å². The zero-order valence-corrected chi connectivity index (χ0v) is 12.5. The van der Waals surface area contributed by atoms with Crippen molar-refractivity contribution in [3.63, 3.8) is 0 Å². The number of hydrogen-bond donors (Lipinski definition) is 1. The van der Waals surface area contributed by atoms with Crippen LogP contribution in [-0.4, -0.2) is 7.05 Å². The van der Waals surface area contributed by atoms with Crippen molar-refractivity contribution >= 4 is 38.6 Å². The first-order valence-corrected chi connectivity index (χ1v) is 7.84. The normalized spacial score (nSPS) is 12.9. The van der Waals surface area contributed by atoms with Gasteiger partial charge in [0.15, 0.2) is 0 Å². The second kappa shape index (κ2) is 5.45. The van der Waals surface area contributed by atoms with Crippen molar-refractivity contribution in [2.24, 2.45) is 0 Å². The third-order valence-electron chi connectivity index (χ3n) is 2.67. The summed E-state index contributed by atoms with van der Waals surface area (Å²) in [6, 6.07) is 2.54. The Labute approximate surface area is 113 Å². The number of aryl methyl sites for hydroxylation is 1. The molecule has 2 aromatic rings. The lowest BCUT2D eigenvalue weighted by Gasteiger charge is -2.16. The summed E-state index contributed by atoms with van der Waals surface area (Å²) >= 11 is 7.19. The van der Waals surface area contributed by atoms with E-state index in [0.29, 0.717) is 6.04 Å². The summed E-state index contributed by atoms with van der Waals surface area (Å²) in [5, 5.41) is 9.94. The maximum atomic E-state index is 3.61. The van der Waals surface area contributed by atoms with Crippen LogP contribution >= 0.6 is 38.6 Å². The average Bonchev–Trinajstić information content (AvgIpc) is 2.90. The van der Waals surface area contributed by atoms with E-state index >= 15 is 0 Å². The molecule has 0 radical (unpaired) electrons. The SMILES string of the molecule is CCc1ccsc1C(NC)c1cscc1Br. The van der Waals surface area contributed by atoms with Crippen molar-refractivity contribution in [2.75, 3.05) is 7.05 Å². The predicted molar refractivity (Wildman–Crippen MR) is 76.6 cm³/mol. The second-order valence-electron chi connectivity index (χ2n) is 3.56. The molecule has 0 aromatic carbocycles. The molecule has 0 aliphatic carbocycles. The van der Waals surface area contributed by atoms with Crippen LogP contribution in [0.4, 0.5) is 0 Å². The van der Waals surface area contributed by atoms with E-state index in [1.165, 1.54) is 20.5 Å². The fourth-order valence-corrected chi connectivity index (χ4v) is 4.49. The van der Waals surface area contributed by atoms with Gasteiger partial charge in [-0.3, -0.25) is 0 Å². The summed E-state index contributed by atoms with van der Waals surface area (Å²) in [7, 11) is 2.02. The number of nitrogens with one attached hydrogen (secondary N) is 1. The minimum Gasteiger partial charge on any atom is -0.309 e. The van der Waals surface area contributed by atoms with Gasteiger partial charge in [0.25, 0.3) is 0 Å². The molecule has 16 heavy (non-hydrogen) atoms. The molecule has 86 valence electrons. The molecule has 0 bridgehead atoms. The second-order valence-corrected chi connectivity index (χ2v) is 6.11. The summed E-state index contributed by atoms with van der Waals surface area (Å²) in [5.74, 6) is 0. The molecule has 1 N–H and O–H groups in total. The van der Waals surface area contributed by atoms with E-state index in [9.17, 15) is 0 Å². The van der Waals surface area contributed by atoms with Gasteiger partial charge in [-0.15, -0.1) is 11.3 Å². The number of thiophene rings is 2. The van der Waals surface area contributed by atoms with Crippen molar-refractivity contribution in [1.82, 2.24) is 5.32 Å². The zero-order valence-electron chi connectivity index (χ0n) is 9.29. The average molecular weight is 316 g/mol. The highest BCUT2D eigenvalue weighted by atomic mass is 79.9. The van der Waals surface area contributed by atoms with Crippen LogP contribution in [0.25, 0.3) is 0 Å². The number of halogens is 1. The highest BCUT2D eigenvalue weighted by Crippen LogP contribution is 2.35. The van der Waals surface area contributed by atoms with E-state index < -0.39 is 0 Å². The van der Waals surface area contributed by atoms with Crippen LogP contribution in [0.15, 0.2) is 26.7 Å². The molecule has 0 aliphatic heterocycles. The summed E-state index contributed by atoms with van der Waals surface area (Å²) in [5.41, 5.74) is 2.78. The Morgan fingerprint density at radius 3 is 2.81 bits per heavy atom. The highest BCUT2D eigenvalue weighted by Gasteiger charge is 2.19. The minimum absolute atomic E-state index is 0.315. The molecule has 0 fully saturated rings. The van der Waals surface area contributed by atoms with Gasteiger partial charge in [-0.05, 0) is 57.4 Å². The largest absolute Gasteiger partial charge is 0.309 e. The van der Waals surface area contributed by atoms with Crippen molar-refractivity contribution in [3.05, 3.63) is 42.7 Å². The van der Waals surface area contributed by atoms with Gasteiger partial charge < -0.3 is 5.32 Å². The summed E-state index contributed by atoms with van der Waals surface area (Å²) in [6.45, 7) is 2.21. The first-order valence-electron chi connectivity index (χ1n) is 5.23. The smallest absolute Gasteiger partial charge is 0.0690 e. The third kappa shape index (κ3) is 2.25. The monoisotopic (exact) mass is 315 g/mol. The molecule has 0 spiro atoms. The quantitative estimate of drug-likeness (QED) is 0.879. The Morgan fingerprint density at radius 2 is 2.25 bits per heavy atom. The number of rotatable bonds is 4. The van der Waals surface area contributed by atoms with E-state index in [1.807, 2.05) is 18.4 Å². The highest BCUT2D eigenvalue weighted by molar-refractivity contribution is 9.10. The standard InChI is InChI=1S/C12H14BrNS2/c1-3-8-4-5-16-12(8)11(14-2)9-6-15-7-10(9)13/h4-7,11,14H,3H2,1-2H3. The van der Waals surface area contributed by atoms with E-state index in [-0.39, 0.29) is 0 Å². The van der Waals surface area contributed by atoms with Crippen LogP contribution < -0.4 is 5.32 Å². The molecule has 2 heterocycles. The van der Waals surface area contributed by atoms with Gasteiger partial charge in [0.05, 0.1) is 6.04 Å². The lowest BCUT2D eigenvalue weighted by molar-refractivity contribution is 0.697. The molecule has 0 amide bonds. The lowest BCUT2D eigenvalue weighted by atomic mass is 10.0. The van der Waals surface area contributed by atoms with Crippen LogP contribution in [0.1, 0.15) is 29.0 Å². The lowest BCUT2D eigenvalue weighted by Crippen LogP contribution is -2.17. The molecule has 1 nitrogen and oxygen atoms in total.